The summed E-state index contributed by atoms with van der Waals surface area (Å²) in [6, 6.07) is 2.61. The number of aryl methyl sites for hydroxylation is 1. The Morgan fingerprint density at radius 1 is 1.38 bits per heavy atom. The van der Waals surface area contributed by atoms with E-state index < -0.39 is 0 Å². The van der Waals surface area contributed by atoms with Crippen LogP contribution >= 0.6 is 0 Å². The third kappa shape index (κ3) is 3.67. The topological polar surface area (TPSA) is 60.1 Å². The number of rotatable bonds is 5. The molecule has 1 heterocycles. The summed E-state index contributed by atoms with van der Waals surface area (Å²) in [4.78, 5) is 12.4. The minimum atomic E-state index is 0.0328. The number of nitrogens with one attached hydrogen (secondary N) is 1. The number of aromatic nitrogens is 1. The summed E-state index contributed by atoms with van der Waals surface area (Å²) in [5.74, 6) is 0.348. The van der Waals surface area contributed by atoms with Gasteiger partial charge in [0.05, 0.1) is 5.56 Å². The summed E-state index contributed by atoms with van der Waals surface area (Å²) in [5, 5.41) is 3.00. The second-order valence-corrected chi connectivity index (χ2v) is 6.50. The summed E-state index contributed by atoms with van der Waals surface area (Å²) < 4.78 is 2.38. The van der Waals surface area contributed by atoms with E-state index in [2.05, 4.69) is 23.7 Å². The zero-order valence-electron chi connectivity index (χ0n) is 13.6. The van der Waals surface area contributed by atoms with Crippen LogP contribution in [0.4, 0.5) is 0 Å². The number of nitrogens with two attached hydrogens (primary N) is 1. The van der Waals surface area contributed by atoms with Gasteiger partial charge >= 0.3 is 0 Å². The molecule has 3 N–H and O–H groups in total. The molecular formula is C17H29N3O. The van der Waals surface area contributed by atoms with E-state index in [4.69, 9.17) is 5.73 Å². The molecule has 4 heteroatoms. The van der Waals surface area contributed by atoms with Crippen LogP contribution in [-0.2, 0) is 0 Å². The summed E-state index contributed by atoms with van der Waals surface area (Å²) >= 11 is 0. The van der Waals surface area contributed by atoms with Crippen LogP contribution in [0.25, 0.3) is 0 Å². The lowest BCUT2D eigenvalue weighted by atomic mass is 9.95. The molecule has 1 atom stereocenters. The van der Waals surface area contributed by atoms with Gasteiger partial charge in [0.15, 0.2) is 0 Å². The Labute approximate surface area is 128 Å². The predicted octanol–water partition coefficient (Wildman–Crippen LogP) is 2.93. The fourth-order valence-corrected chi connectivity index (χ4v) is 3.35. The summed E-state index contributed by atoms with van der Waals surface area (Å²) in [6.07, 6.45) is 6.43. The molecule has 1 unspecified atom stereocenters. The maximum Gasteiger partial charge on any atom is 0.253 e. The van der Waals surface area contributed by atoms with Crippen molar-refractivity contribution in [2.24, 2.45) is 11.7 Å². The molecule has 1 aromatic heterocycles. The van der Waals surface area contributed by atoms with Gasteiger partial charge in [-0.1, -0.05) is 26.2 Å². The van der Waals surface area contributed by atoms with Crippen LogP contribution in [0.15, 0.2) is 6.07 Å². The van der Waals surface area contributed by atoms with Gasteiger partial charge in [-0.05, 0) is 45.2 Å². The van der Waals surface area contributed by atoms with Crippen molar-refractivity contribution < 1.29 is 4.79 Å². The number of carbonyl (C=O) groups excluding carboxylic acids is 1. The molecule has 1 aliphatic carbocycles. The second-order valence-electron chi connectivity index (χ2n) is 6.50. The average Bonchev–Trinajstić information content (AvgIpc) is 2.80. The van der Waals surface area contributed by atoms with Crippen LogP contribution in [0.3, 0.4) is 0 Å². The molecule has 0 aromatic carbocycles. The molecule has 0 spiro atoms. The van der Waals surface area contributed by atoms with Crippen molar-refractivity contribution in [3.05, 3.63) is 23.0 Å². The van der Waals surface area contributed by atoms with Gasteiger partial charge in [-0.25, -0.2) is 0 Å². The Hall–Kier alpha value is -1.29. The average molecular weight is 291 g/mol. The molecule has 1 saturated carbocycles. The molecule has 21 heavy (non-hydrogen) atoms. The highest BCUT2D eigenvalue weighted by Gasteiger charge is 2.22. The summed E-state index contributed by atoms with van der Waals surface area (Å²) in [6.45, 7) is 7.47. The fraction of sp³-hybridized carbons (Fsp3) is 0.706. The van der Waals surface area contributed by atoms with E-state index >= 15 is 0 Å². The lowest BCUT2D eigenvalue weighted by Gasteiger charge is -2.26. The summed E-state index contributed by atoms with van der Waals surface area (Å²) in [7, 11) is 0. The van der Waals surface area contributed by atoms with Crippen molar-refractivity contribution in [2.75, 3.05) is 13.1 Å². The fourth-order valence-electron chi connectivity index (χ4n) is 3.35. The van der Waals surface area contributed by atoms with Crippen molar-refractivity contribution in [1.82, 2.24) is 9.88 Å². The molecule has 0 saturated heterocycles. The highest BCUT2D eigenvalue weighted by Crippen LogP contribution is 2.32. The third-order valence-electron chi connectivity index (χ3n) is 4.68. The van der Waals surface area contributed by atoms with E-state index in [0.29, 0.717) is 25.0 Å². The first kappa shape index (κ1) is 16.1. The van der Waals surface area contributed by atoms with Crippen molar-refractivity contribution >= 4 is 5.91 Å². The highest BCUT2D eigenvalue weighted by molar-refractivity contribution is 5.95. The van der Waals surface area contributed by atoms with Gasteiger partial charge in [-0.2, -0.15) is 0 Å². The monoisotopic (exact) mass is 291 g/mol. The molecule has 1 aliphatic rings. The van der Waals surface area contributed by atoms with Crippen LogP contribution in [0.1, 0.15) is 66.8 Å². The van der Waals surface area contributed by atoms with Crippen LogP contribution < -0.4 is 11.1 Å². The third-order valence-corrected chi connectivity index (χ3v) is 4.68. The van der Waals surface area contributed by atoms with Crippen molar-refractivity contribution in [2.45, 2.75) is 58.9 Å². The quantitative estimate of drug-likeness (QED) is 0.876. The van der Waals surface area contributed by atoms with Gasteiger partial charge in [0.25, 0.3) is 5.91 Å². The maximum atomic E-state index is 12.4. The van der Waals surface area contributed by atoms with E-state index in [-0.39, 0.29) is 5.91 Å². The lowest BCUT2D eigenvalue weighted by Crippen LogP contribution is -2.31. The van der Waals surface area contributed by atoms with Crippen molar-refractivity contribution in [3.8, 4) is 0 Å². The van der Waals surface area contributed by atoms with Crippen LogP contribution in [0.5, 0.6) is 0 Å². The zero-order chi connectivity index (χ0) is 15.4. The second kappa shape index (κ2) is 7.12. The number of amides is 1. The number of carbonyl (C=O) groups is 1. The van der Waals surface area contributed by atoms with Gasteiger partial charge in [-0.15, -0.1) is 0 Å². The van der Waals surface area contributed by atoms with E-state index in [9.17, 15) is 4.79 Å². The number of nitrogens with zero attached hydrogens (tertiary/aromatic N) is 1. The normalized spacial score (nSPS) is 17.7. The van der Waals surface area contributed by atoms with Crippen LogP contribution in [-0.4, -0.2) is 23.6 Å². The summed E-state index contributed by atoms with van der Waals surface area (Å²) in [5.41, 5.74) is 8.73. The predicted molar refractivity (Wildman–Crippen MR) is 86.6 cm³/mol. The molecule has 1 fully saturated rings. The molecule has 2 rings (SSSR count). The Balaban J connectivity index is 2.12. The molecule has 0 aliphatic heterocycles. The van der Waals surface area contributed by atoms with Crippen molar-refractivity contribution in [3.63, 3.8) is 0 Å². The van der Waals surface area contributed by atoms with E-state index in [1.54, 1.807) is 0 Å². The first-order valence-corrected chi connectivity index (χ1v) is 8.21. The smallest absolute Gasteiger partial charge is 0.253 e. The molecule has 1 amide bonds. The molecule has 0 radical (unpaired) electrons. The highest BCUT2D eigenvalue weighted by atomic mass is 16.1. The van der Waals surface area contributed by atoms with E-state index in [1.807, 2.05) is 13.0 Å². The van der Waals surface area contributed by atoms with Gasteiger partial charge in [0, 0.05) is 24.0 Å². The molecule has 4 nitrogen and oxygen atoms in total. The van der Waals surface area contributed by atoms with Gasteiger partial charge in [0.2, 0.25) is 0 Å². The number of hydrogen-bond donors (Lipinski definition) is 2. The van der Waals surface area contributed by atoms with Crippen LogP contribution in [0, 0.1) is 19.8 Å². The lowest BCUT2D eigenvalue weighted by molar-refractivity contribution is 0.0947. The van der Waals surface area contributed by atoms with E-state index in [1.165, 1.54) is 37.8 Å². The molecule has 0 bridgehead atoms. The van der Waals surface area contributed by atoms with Crippen LogP contribution in [0.2, 0.25) is 0 Å². The van der Waals surface area contributed by atoms with E-state index in [0.717, 1.165) is 11.3 Å². The molecule has 118 valence electrons. The van der Waals surface area contributed by atoms with Gasteiger partial charge in [-0.3, -0.25) is 4.79 Å². The number of hydrogen-bond acceptors (Lipinski definition) is 2. The Kier molecular flexibility index (Phi) is 5.45. The standard InChI is InChI=1S/C17H29N3O/c1-12(10-18)11-19-17(21)16-9-13(2)20(14(16)3)15-7-5-4-6-8-15/h9,12,15H,4-8,10-11,18H2,1-3H3,(H,19,21). The van der Waals surface area contributed by atoms with Crippen molar-refractivity contribution in [1.29, 1.82) is 0 Å². The molecule has 1 aromatic rings. The first-order chi connectivity index (χ1) is 10.0. The Morgan fingerprint density at radius 2 is 2.05 bits per heavy atom. The maximum absolute atomic E-state index is 12.4. The minimum Gasteiger partial charge on any atom is -0.352 e. The minimum absolute atomic E-state index is 0.0328. The SMILES string of the molecule is Cc1cc(C(=O)NCC(C)CN)c(C)n1C1CCCCC1. The largest absolute Gasteiger partial charge is 0.352 e. The Morgan fingerprint density at radius 3 is 2.67 bits per heavy atom. The molecular weight excluding hydrogens is 262 g/mol. The first-order valence-electron chi connectivity index (χ1n) is 8.21. The Bertz CT molecular complexity index is 486. The van der Waals surface area contributed by atoms with Gasteiger partial charge < -0.3 is 15.6 Å². The van der Waals surface area contributed by atoms with Gasteiger partial charge in [0.1, 0.15) is 0 Å². The zero-order valence-corrected chi connectivity index (χ0v) is 13.6.